The number of amides is 1. The van der Waals surface area contributed by atoms with Crippen LogP contribution in [-0.4, -0.2) is 33.8 Å². The summed E-state index contributed by atoms with van der Waals surface area (Å²) in [6, 6.07) is 14.1. The number of aromatic nitrogens is 3. The van der Waals surface area contributed by atoms with Gasteiger partial charge >= 0.3 is 0 Å². The SMILES string of the molecule is CCOc1ccc(-c2cc3c(=O)n(CC(=O)Nc4ccc(OC)c(Cl)c4)ccn3n2)cc1. The molecule has 32 heavy (non-hydrogen) atoms. The van der Waals surface area contributed by atoms with Gasteiger partial charge < -0.3 is 19.4 Å². The highest BCUT2D eigenvalue weighted by Gasteiger charge is 2.12. The Bertz CT molecular complexity index is 1330. The minimum absolute atomic E-state index is 0.150. The molecule has 8 nitrogen and oxygen atoms in total. The predicted octanol–water partition coefficient (Wildman–Crippen LogP) is 3.86. The molecule has 164 valence electrons. The van der Waals surface area contributed by atoms with Gasteiger partial charge in [0.15, 0.2) is 0 Å². The standard InChI is InChI=1S/C23H21ClN4O4/c1-3-32-17-7-4-15(5-8-17)19-13-20-23(30)27(10-11-28(20)26-19)14-22(29)25-16-6-9-21(31-2)18(24)12-16/h4-13H,3,14H2,1-2H3,(H,25,29). The molecule has 0 radical (unpaired) electrons. The highest BCUT2D eigenvalue weighted by atomic mass is 35.5. The minimum atomic E-state index is -0.357. The first-order valence-electron chi connectivity index (χ1n) is 9.94. The Kier molecular flexibility index (Phi) is 6.13. The van der Waals surface area contributed by atoms with Crippen LogP contribution in [0.2, 0.25) is 5.02 Å². The van der Waals surface area contributed by atoms with Gasteiger partial charge in [0.2, 0.25) is 5.91 Å². The molecule has 0 fully saturated rings. The first-order valence-corrected chi connectivity index (χ1v) is 10.3. The second-order valence-electron chi connectivity index (χ2n) is 6.95. The molecule has 2 aromatic carbocycles. The average molecular weight is 453 g/mol. The van der Waals surface area contributed by atoms with Crippen LogP contribution in [0.25, 0.3) is 16.8 Å². The fourth-order valence-corrected chi connectivity index (χ4v) is 3.54. The molecule has 0 aliphatic rings. The van der Waals surface area contributed by atoms with Gasteiger partial charge in [-0.2, -0.15) is 5.10 Å². The molecule has 0 saturated carbocycles. The van der Waals surface area contributed by atoms with Crippen molar-refractivity contribution in [1.29, 1.82) is 0 Å². The van der Waals surface area contributed by atoms with Gasteiger partial charge in [0.1, 0.15) is 23.6 Å². The highest BCUT2D eigenvalue weighted by molar-refractivity contribution is 6.32. The molecule has 1 amide bonds. The number of ether oxygens (including phenoxy) is 2. The molecular weight excluding hydrogens is 432 g/mol. The summed E-state index contributed by atoms with van der Waals surface area (Å²) < 4.78 is 13.4. The van der Waals surface area contributed by atoms with Gasteiger partial charge in [-0.25, -0.2) is 4.52 Å². The number of fused-ring (bicyclic) bond motifs is 1. The van der Waals surface area contributed by atoms with Crippen LogP contribution in [0.4, 0.5) is 5.69 Å². The van der Waals surface area contributed by atoms with Crippen molar-refractivity contribution >= 4 is 28.7 Å². The summed E-state index contributed by atoms with van der Waals surface area (Å²) in [6.07, 6.45) is 3.18. The molecule has 0 bridgehead atoms. The third-order valence-corrected chi connectivity index (χ3v) is 5.11. The second-order valence-corrected chi connectivity index (χ2v) is 7.35. The van der Waals surface area contributed by atoms with Gasteiger partial charge in [-0.15, -0.1) is 0 Å². The van der Waals surface area contributed by atoms with Crippen LogP contribution < -0.4 is 20.3 Å². The summed E-state index contributed by atoms with van der Waals surface area (Å²) in [5.74, 6) is 0.922. The zero-order valence-corrected chi connectivity index (χ0v) is 18.3. The Morgan fingerprint density at radius 3 is 2.59 bits per heavy atom. The monoisotopic (exact) mass is 452 g/mol. The van der Waals surface area contributed by atoms with Crippen LogP contribution in [0, 0.1) is 0 Å². The number of nitrogens with one attached hydrogen (secondary N) is 1. The van der Waals surface area contributed by atoms with Gasteiger partial charge in [-0.05, 0) is 55.5 Å². The summed E-state index contributed by atoms with van der Waals surface area (Å²) in [7, 11) is 1.51. The zero-order chi connectivity index (χ0) is 22.7. The van der Waals surface area contributed by atoms with E-state index in [1.54, 1.807) is 30.5 Å². The van der Waals surface area contributed by atoms with Crippen LogP contribution in [-0.2, 0) is 11.3 Å². The maximum absolute atomic E-state index is 12.9. The molecule has 4 aromatic rings. The van der Waals surface area contributed by atoms with E-state index in [1.807, 2.05) is 31.2 Å². The van der Waals surface area contributed by atoms with Crippen molar-refractivity contribution in [2.24, 2.45) is 0 Å². The molecule has 0 aliphatic heterocycles. The number of anilines is 1. The maximum atomic E-state index is 12.9. The molecule has 0 atom stereocenters. The Morgan fingerprint density at radius 1 is 1.12 bits per heavy atom. The van der Waals surface area contributed by atoms with E-state index in [2.05, 4.69) is 10.4 Å². The van der Waals surface area contributed by atoms with Gasteiger partial charge in [0.25, 0.3) is 5.56 Å². The smallest absolute Gasteiger partial charge is 0.277 e. The molecule has 1 N–H and O–H groups in total. The quantitative estimate of drug-likeness (QED) is 0.460. The Labute approximate surface area is 189 Å². The van der Waals surface area contributed by atoms with E-state index in [9.17, 15) is 9.59 Å². The third-order valence-electron chi connectivity index (χ3n) is 4.81. The minimum Gasteiger partial charge on any atom is -0.495 e. The van der Waals surface area contributed by atoms with E-state index in [1.165, 1.54) is 22.4 Å². The van der Waals surface area contributed by atoms with E-state index in [-0.39, 0.29) is 18.0 Å². The average Bonchev–Trinajstić information content (AvgIpc) is 3.22. The van der Waals surface area contributed by atoms with Crippen molar-refractivity contribution in [3.63, 3.8) is 0 Å². The largest absolute Gasteiger partial charge is 0.495 e. The van der Waals surface area contributed by atoms with Crippen LogP contribution in [0.5, 0.6) is 11.5 Å². The van der Waals surface area contributed by atoms with Gasteiger partial charge in [0, 0.05) is 23.6 Å². The van der Waals surface area contributed by atoms with Gasteiger partial charge in [0.05, 0.1) is 24.4 Å². The lowest BCUT2D eigenvalue weighted by molar-refractivity contribution is -0.116. The number of carbonyl (C=O) groups excluding carboxylic acids is 1. The number of methoxy groups -OCH3 is 1. The topological polar surface area (TPSA) is 86.9 Å². The Balaban J connectivity index is 1.53. The molecule has 2 heterocycles. The molecular formula is C23H21ClN4O4. The lowest BCUT2D eigenvalue weighted by Crippen LogP contribution is -2.28. The van der Waals surface area contributed by atoms with Crippen molar-refractivity contribution in [3.8, 4) is 22.8 Å². The fourth-order valence-electron chi connectivity index (χ4n) is 3.28. The maximum Gasteiger partial charge on any atom is 0.277 e. The first kappa shape index (κ1) is 21.5. The highest BCUT2D eigenvalue weighted by Crippen LogP contribution is 2.27. The summed E-state index contributed by atoms with van der Waals surface area (Å²) in [5, 5.41) is 7.58. The molecule has 0 aliphatic carbocycles. The number of rotatable bonds is 7. The number of halogens is 1. The normalized spacial score (nSPS) is 10.8. The number of hydrogen-bond donors (Lipinski definition) is 1. The van der Waals surface area contributed by atoms with Crippen molar-refractivity contribution in [3.05, 3.63) is 76.3 Å². The first-order chi connectivity index (χ1) is 15.5. The summed E-state index contributed by atoms with van der Waals surface area (Å²) >= 11 is 6.09. The number of benzene rings is 2. The van der Waals surface area contributed by atoms with Crippen LogP contribution in [0.1, 0.15) is 6.92 Å². The number of carbonyl (C=O) groups is 1. The van der Waals surface area contributed by atoms with Crippen molar-refractivity contribution in [2.45, 2.75) is 13.5 Å². The fraction of sp³-hybridized carbons (Fsp3) is 0.174. The van der Waals surface area contributed by atoms with E-state index < -0.39 is 0 Å². The third kappa shape index (κ3) is 4.45. The molecule has 4 rings (SSSR count). The van der Waals surface area contributed by atoms with Crippen LogP contribution in [0.15, 0.2) is 65.7 Å². The number of hydrogen-bond acceptors (Lipinski definition) is 5. The molecule has 0 unspecified atom stereocenters. The van der Waals surface area contributed by atoms with E-state index in [0.29, 0.717) is 34.3 Å². The zero-order valence-electron chi connectivity index (χ0n) is 17.5. The van der Waals surface area contributed by atoms with E-state index >= 15 is 0 Å². The van der Waals surface area contributed by atoms with Crippen molar-refractivity contribution in [1.82, 2.24) is 14.2 Å². The van der Waals surface area contributed by atoms with Gasteiger partial charge in [-0.3, -0.25) is 9.59 Å². The Hall–Kier alpha value is -3.78. The molecule has 2 aromatic heterocycles. The lowest BCUT2D eigenvalue weighted by atomic mass is 10.1. The van der Waals surface area contributed by atoms with Crippen LogP contribution in [0.3, 0.4) is 0 Å². The summed E-state index contributed by atoms with van der Waals surface area (Å²) in [5.41, 5.74) is 2.08. The number of nitrogens with zero attached hydrogens (tertiary/aromatic N) is 3. The van der Waals surface area contributed by atoms with Gasteiger partial charge in [-0.1, -0.05) is 11.6 Å². The molecule has 0 spiro atoms. The summed E-state index contributed by atoms with van der Waals surface area (Å²) in [4.78, 5) is 25.4. The second kappa shape index (κ2) is 9.15. The van der Waals surface area contributed by atoms with E-state index in [4.69, 9.17) is 21.1 Å². The lowest BCUT2D eigenvalue weighted by Gasteiger charge is -2.09. The van der Waals surface area contributed by atoms with Crippen molar-refractivity contribution < 1.29 is 14.3 Å². The molecule has 0 saturated heterocycles. The van der Waals surface area contributed by atoms with E-state index in [0.717, 1.165) is 11.3 Å². The predicted molar refractivity (Wildman–Crippen MR) is 123 cm³/mol. The van der Waals surface area contributed by atoms with Crippen molar-refractivity contribution in [2.75, 3.05) is 19.0 Å². The van der Waals surface area contributed by atoms with Crippen LogP contribution >= 0.6 is 11.6 Å². The Morgan fingerprint density at radius 2 is 1.91 bits per heavy atom. The molecule has 9 heteroatoms. The summed E-state index contributed by atoms with van der Waals surface area (Å²) in [6.45, 7) is 2.36.